The molecule has 4 aromatic rings. The van der Waals surface area contributed by atoms with Gasteiger partial charge in [-0.1, -0.05) is 42.5 Å². The van der Waals surface area contributed by atoms with Crippen molar-refractivity contribution in [3.05, 3.63) is 99.7 Å². The molecule has 2 aromatic carbocycles. The number of fused-ring (bicyclic) bond motifs is 1. The van der Waals surface area contributed by atoms with Crippen LogP contribution in [0, 0.1) is 5.21 Å². The Balaban J connectivity index is 1.71. The van der Waals surface area contributed by atoms with Gasteiger partial charge >= 0.3 is 5.91 Å². The summed E-state index contributed by atoms with van der Waals surface area (Å²) in [6, 6.07) is 19.1. The zero-order valence-electron chi connectivity index (χ0n) is 13.8. The molecule has 0 bridgehead atoms. The number of pyridine rings is 1. The molecule has 0 spiro atoms. The van der Waals surface area contributed by atoms with Crippen molar-refractivity contribution in [3.8, 4) is 0 Å². The lowest BCUT2D eigenvalue weighted by molar-refractivity contribution is -0.607. The van der Waals surface area contributed by atoms with Gasteiger partial charge in [-0.2, -0.15) is 9.72 Å². The number of rotatable bonds is 3. The van der Waals surface area contributed by atoms with Gasteiger partial charge in [0.15, 0.2) is 11.0 Å². The van der Waals surface area contributed by atoms with E-state index in [4.69, 9.17) is 0 Å². The van der Waals surface area contributed by atoms with E-state index < -0.39 is 5.91 Å². The zero-order valence-corrected chi connectivity index (χ0v) is 14.6. The molecule has 0 aliphatic rings. The summed E-state index contributed by atoms with van der Waals surface area (Å²) in [5, 5.41) is 16.0. The van der Waals surface area contributed by atoms with Gasteiger partial charge in [0.2, 0.25) is 0 Å². The molecule has 0 atom stereocenters. The fourth-order valence-corrected chi connectivity index (χ4v) is 3.58. The highest BCUT2D eigenvalue weighted by Gasteiger charge is 2.14. The van der Waals surface area contributed by atoms with E-state index in [-0.39, 0.29) is 5.69 Å². The van der Waals surface area contributed by atoms with Crippen LogP contribution in [-0.2, 0) is 6.54 Å². The van der Waals surface area contributed by atoms with Crippen LogP contribution in [0.1, 0.15) is 16.1 Å². The second-order valence-electron chi connectivity index (χ2n) is 5.78. The second-order valence-corrected chi connectivity index (χ2v) is 6.65. The van der Waals surface area contributed by atoms with Gasteiger partial charge in [0.1, 0.15) is 0 Å². The van der Waals surface area contributed by atoms with E-state index in [0.717, 1.165) is 5.56 Å². The van der Waals surface area contributed by atoms with Gasteiger partial charge in [0.25, 0.3) is 5.69 Å². The Morgan fingerprint density at radius 3 is 2.77 bits per heavy atom. The van der Waals surface area contributed by atoms with Crippen LogP contribution in [0.25, 0.3) is 10.8 Å². The Hall–Kier alpha value is -3.25. The van der Waals surface area contributed by atoms with Gasteiger partial charge in [-0.3, -0.25) is 4.79 Å². The maximum Gasteiger partial charge on any atom is 0.345 e. The zero-order chi connectivity index (χ0) is 17.9. The quantitative estimate of drug-likeness (QED) is 0.416. The van der Waals surface area contributed by atoms with Crippen LogP contribution < -0.4 is 9.53 Å². The molecule has 5 nitrogen and oxygen atoms in total. The van der Waals surface area contributed by atoms with Gasteiger partial charge in [0, 0.05) is 23.7 Å². The van der Waals surface area contributed by atoms with Gasteiger partial charge < -0.3 is 9.77 Å². The molecular weight excluding hydrogens is 346 g/mol. The summed E-state index contributed by atoms with van der Waals surface area (Å²) < 4.78 is 2.46. The predicted octanol–water partition coefficient (Wildman–Crippen LogP) is 3.13. The Kier molecular flexibility index (Phi) is 4.33. The van der Waals surface area contributed by atoms with Crippen molar-refractivity contribution in [2.45, 2.75) is 6.54 Å². The van der Waals surface area contributed by atoms with Crippen LogP contribution in [-0.4, -0.2) is 10.5 Å². The lowest BCUT2D eigenvalue weighted by atomic mass is 10.0. The van der Waals surface area contributed by atoms with Gasteiger partial charge in [-0.25, -0.2) is 0 Å². The number of hydrogen-bond acceptors (Lipinski definition) is 3. The van der Waals surface area contributed by atoms with E-state index in [1.54, 1.807) is 12.1 Å². The monoisotopic (exact) mass is 361 g/mol. The van der Waals surface area contributed by atoms with E-state index in [1.807, 2.05) is 34.3 Å². The number of benzene rings is 2. The Morgan fingerprint density at radius 1 is 1.08 bits per heavy atom. The minimum absolute atomic E-state index is 0.0117. The summed E-state index contributed by atoms with van der Waals surface area (Å²) in [4.78, 5) is 17.1. The van der Waals surface area contributed by atoms with Gasteiger partial charge in [-0.05, 0) is 22.4 Å². The van der Waals surface area contributed by atoms with Gasteiger partial charge in [-0.15, -0.1) is 11.3 Å². The van der Waals surface area contributed by atoms with Crippen molar-refractivity contribution < 1.29 is 9.52 Å². The van der Waals surface area contributed by atoms with E-state index in [0.29, 0.717) is 16.1 Å². The summed E-state index contributed by atoms with van der Waals surface area (Å²) in [7, 11) is 0. The molecule has 0 fully saturated rings. The second kappa shape index (κ2) is 6.93. The molecule has 2 aromatic heterocycles. The molecule has 26 heavy (non-hydrogen) atoms. The van der Waals surface area contributed by atoms with Crippen LogP contribution in [0.3, 0.4) is 0 Å². The lowest BCUT2D eigenvalue weighted by Gasteiger charge is -2.07. The summed E-state index contributed by atoms with van der Waals surface area (Å²) >= 11 is 1.37. The minimum Gasteiger partial charge on any atom is -0.618 e. The van der Waals surface area contributed by atoms with E-state index in [1.165, 1.54) is 34.4 Å². The highest BCUT2D eigenvalue weighted by Crippen LogP contribution is 2.19. The number of carbonyl (C=O) groups is 1. The predicted molar refractivity (Wildman–Crippen MR) is 101 cm³/mol. The standard InChI is InChI=1S/C20H15N3O2S/c24-19(18-10-3-4-11-23(18)25)21-20-22(12-13-26-20)14-16-8-5-7-15-6-1-2-9-17(15)16/h1-13H,14H2. The molecule has 0 N–H and O–H groups in total. The fourth-order valence-electron chi connectivity index (χ4n) is 2.86. The van der Waals surface area contributed by atoms with Crippen LogP contribution in [0.5, 0.6) is 0 Å². The minimum atomic E-state index is -0.547. The molecule has 0 saturated carbocycles. The molecule has 0 aliphatic carbocycles. The van der Waals surface area contributed by atoms with Crippen LogP contribution in [0.4, 0.5) is 0 Å². The Morgan fingerprint density at radius 2 is 1.88 bits per heavy atom. The summed E-state index contributed by atoms with van der Waals surface area (Å²) in [6.45, 7) is 0.600. The van der Waals surface area contributed by atoms with E-state index >= 15 is 0 Å². The van der Waals surface area contributed by atoms with Crippen LogP contribution in [0.2, 0.25) is 0 Å². The van der Waals surface area contributed by atoms with Crippen molar-refractivity contribution in [2.24, 2.45) is 4.99 Å². The number of hydrogen-bond donors (Lipinski definition) is 0. The molecule has 0 radical (unpaired) electrons. The molecule has 0 saturated heterocycles. The Bertz CT molecular complexity index is 1160. The number of thiazole rings is 1. The average molecular weight is 361 g/mol. The number of amides is 1. The summed E-state index contributed by atoms with van der Waals surface area (Å²) in [6.07, 6.45) is 3.19. The lowest BCUT2D eigenvalue weighted by Crippen LogP contribution is -2.34. The van der Waals surface area contributed by atoms with Crippen molar-refractivity contribution >= 4 is 28.0 Å². The molecule has 0 unspecified atom stereocenters. The molecule has 1 amide bonds. The molecule has 6 heteroatoms. The molecule has 2 heterocycles. The normalized spacial score (nSPS) is 11.8. The van der Waals surface area contributed by atoms with E-state index in [2.05, 4.69) is 29.3 Å². The first kappa shape index (κ1) is 16.2. The van der Waals surface area contributed by atoms with Crippen molar-refractivity contribution in [1.82, 2.24) is 4.57 Å². The fraction of sp³-hybridized carbons (Fsp3) is 0.0500. The molecule has 0 aliphatic heterocycles. The third-order valence-corrected chi connectivity index (χ3v) is 4.92. The summed E-state index contributed by atoms with van der Waals surface area (Å²) in [5.74, 6) is -0.547. The van der Waals surface area contributed by atoms with Crippen molar-refractivity contribution in [2.75, 3.05) is 0 Å². The Labute approximate surface area is 153 Å². The van der Waals surface area contributed by atoms with Crippen LogP contribution >= 0.6 is 11.3 Å². The SMILES string of the molecule is O=C(N=c1sccn1Cc1cccc2ccccc12)c1cccc[n+]1[O-]. The topological polar surface area (TPSA) is 61.3 Å². The summed E-state index contributed by atoms with van der Waals surface area (Å²) in [5.41, 5.74) is 1.16. The van der Waals surface area contributed by atoms with Crippen molar-refractivity contribution in [1.29, 1.82) is 0 Å². The molecule has 4 rings (SSSR count). The van der Waals surface area contributed by atoms with E-state index in [9.17, 15) is 10.0 Å². The maximum absolute atomic E-state index is 12.4. The van der Waals surface area contributed by atoms with Gasteiger partial charge in [0.05, 0.1) is 6.54 Å². The number of carbonyl (C=O) groups excluding carboxylic acids is 1. The average Bonchev–Trinajstić information content (AvgIpc) is 3.09. The molecule has 128 valence electrons. The van der Waals surface area contributed by atoms with Crippen LogP contribution in [0.15, 0.2) is 83.4 Å². The third kappa shape index (κ3) is 3.14. The first-order valence-electron chi connectivity index (χ1n) is 8.10. The largest absolute Gasteiger partial charge is 0.618 e. The number of nitrogens with zero attached hydrogens (tertiary/aromatic N) is 3. The third-order valence-electron chi connectivity index (χ3n) is 4.12. The first-order chi connectivity index (χ1) is 12.7. The highest BCUT2D eigenvalue weighted by molar-refractivity contribution is 7.07. The number of aromatic nitrogens is 2. The highest BCUT2D eigenvalue weighted by atomic mass is 32.1. The maximum atomic E-state index is 12.4. The first-order valence-corrected chi connectivity index (χ1v) is 8.98. The van der Waals surface area contributed by atoms with Crippen molar-refractivity contribution in [3.63, 3.8) is 0 Å². The molecular formula is C20H15N3O2S. The smallest absolute Gasteiger partial charge is 0.345 e.